The Morgan fingerprint density at radius 2 is 0.697 bits per heavy atom. The van der Waals surface area contributed by atoms with Gasteiger partial charge in [-0.05, 0) is 162 Å². The first kappa shape index (κ1) is 63.4. The maximum Gasteiger partial charge on any atom is 0.534 e. The second kappa shape index (κ2) is 24.7. The van der Waals surface area contributed by atoms with Gasteiger partial charge in [0.15, 0.2) is 0 Å². The van der Waals surface area contributed by atoms with Crippen LogP contribution in [0.3, 0.4) is 0 Å². The zero-order valence-electron chi connectivity index (χ0n) is 53.5. The Hall–Kier alpha value is -9.04. The smallest absolute Gasteiger partial charge is 0.399 e. The lowest BCUT2D eigenvalue weighted by Gasteiger charge is -2.32. The molecule has 1 aliphatic heterocycles. The first-order valence-corrected chi connectivity index (χ1v) is 38.5. The number of fused-ring (bicyclic) bond motifs is 16. The van der Waals surface area contributed by atoms with Crippen molar-refractivity contribution in [3.8, 4) is 61.4 Å². The molecule has 0 amide bonds. The van der Waals surface area contributed by atoms with Crippen LogP contribution in [-0.4, -0.2) is 32.2 Å². The third kappa shape index (κ3) is 11.5. The van der Waals surface area contributed by atoms with E-state index in [1.165, 1.54) is 143 Å². The molecule has 7 heterocycles. The van der Waals surface area contributed by atoms with Gasteiger partial charge in [0, 0.05) is 91.5 Å². The molecule has 0 spiro atoms. The van der Waals surface area contributed by atoms with Crippen LogP contribution < -0.4 is 9.65 Å². The van der Waals surface area contributed by atoms with E-state index in [4.69, 9.17) is 9.31 Å². The average molecular weight is 1430 g/mol. The Labute approximate surface area is 593 Å². The standard InChI is InChI=1S/C38H22S3.C30H27BO2S.C15H7F3O3S3/c1-3-16-33-29(12-1)30-15-7-14-28(37(30)39-33)27-11-6-10-25(21-27)23-8-5-9-24(20-23)26-18-19-35-32(22-26)36-31-13-2-4-17-34(31)40-38(36)41-35;1-29(2)30(3,4)33-31(32-29)23-13-8-11-21(19-23)20-10-7-12-22(18-20)24-15-9-16-26-25-14-5-6-17-27(25)34-28(24)26;16-15(17,18)24(19,20)21-8-5-6-12-10(7-8)13-9-3-1-2-4-11(9)22-14(13)23-12/h1-22H;5-19H,1-4H3;1-7H. The van der Waals surface area contributed by atoms with Crippen LogP contribution in [0.2, 0.25) is 0 Å². The number of hydrogen-bond donors (Lipinski definition) is 0. The number of rotatable bonds is 8. The molecule has 484 valence electrons. The summed E-state index contributed by atoms with van der Waals surface area (Å²) < 4.78 is 89.1. The third-order valence-electron chi connectivity index (χ3n) is 18.9. The predicted octanol–water partition coefficient (Wildman–Crippen LogP) is 25.8. The van der Waals surface area contributed by atoms with Gasteiger partial charge in [0.05, 0.1) is 19.2 Å². The molecule has 0 radical (unpaired) electrons. The van der Waals surface area contributed by atoms with Crippen LogP contribution >= 0.6 is 68.0 Å². The Bertz CT molecular complexity index is 6330. The predicted molar refractivity (Wildman–Crippen MR) is 420 cm³/mol. The van der Waals surface area contributed by atoms with Gasteiger partial charge in [-0.25, -0.2) is 0 Å². The molecule has 99 heavy (non-hydrogen) atoms. The van der Waals surface area contributed by atoms with Crippen LogP contribution in [0.1, 0.15) is 27.7 Å². The van der Waals surface area contributed by atoms with Crippen molar-refractivity contribution in [2.45, 2.75) is 44.4 Å². The molecule has 0 atom stereocenters. The normalized spacial score (nSPS) is 13.9. The van der Waals surface area contributed by atoms with E-state index >= 15 is 0 Å². The highest BCUT2D eigenvalue weighted by Gasteiger charge is 2.52. The van der Waals surface area contributed by atoms with E-state index in [2.05, 4.69) is 256 Å². The quantitative estimate of drug-likeness (QED) is 0.0862. The minimum Gasteiger partial charge on any atom is -0.399 e. The van der Waals surface area contributed by atoms with Gasteiger partial charge in [-0.2, -0.15) is 21.6 Å². The second-order valence-corrected chi connectivity index (χ2v) is 34.0. The van der Waals surface area contributed by atoms with Gasteiger partial charge in [0.1, 0.15) is 5.75 Å². The molecule has 0 bridgehead atoms. The summed E-state index contributed by atoms with van der Waals surface area (Å²) in [5, 5.41) is 12.1. The van der Waals surface area contributed by atoms with E-state index in [0.29, 0.717) is 5.39 Å². The second-order valence-electron chi connectivity index (χ2n) is 25.6. The maximum atomic E-state index is 12.5. The molecule has 19 rings (SSSR count). The molecule has 0 saturated carbocycles. The van der Waals surface area contributed by atoms with Crippen molar-refractivity contribution in [2.75, 3.05) is 0 Å². The van der Waals surface area contributed by atoms with Crippen LogP contribution in [0.25, 0.3) is 155 Å². The van der Waals surface area contributed by atoms with Crippen molar-refractivity contribution in [3.63, 3.8) is 0 Å². The van der Waals surface area contributed by atoms with E-state index in [-0.39, 0.29) is 24.1 Å². The van der Waals surface area contributed by atoms with Crippen LogP contribution in [-0.2, 0) is 19.4 Å². The summed E-state index contributed by atoms with van der Waals surface area (Å²) in [6, 6.07) is 93.7. The summed E-state index contributed by atoms with van der Waals surface area (Å²) in [6.45, 7) is 8.37. The molecule has 1 saturated heterocycles. The van der Waals surface area contributed by atoms with Gasteiger partial charge in [-0.15, -0.1) is 68.0 Å². The molecule has 1 aliphatic rings. The number of benzene rings is 12. The molecule has 16 heteroatoms. The number of thiophene rings is 6. The Morgan fingerprint density at radius 3 is 1.17 bits per heavy atom. The number of hydrogen-bond acceptors (Lipinski definition) is 11. The summed E-state index contributed by atoms with van der Waals surface area (Å²) in [5.41, 5.74) is 7.32. The minimum absolute atomic E-state index is 0.351. The van der Waals surface area contributed by atoms with E-state index in [1.807, 2.05) is 69.6 Å². The highest BCUT2D eigenvalue weighted by molar-refractivity contribution is 7.88. The monoisotopic (exact) mass is 1420 g/mol. The van der Waals surface area contributed by atoms with Crippen molar-refractivity contribution in [2.24, 2.45) is 0 Å². The summed E-state index contributed by atoms with van der Waals surface area (Å²) in [4.78, 5) is 0. The van der Waals surface area contributed by atoms with Gasteiger partial charge in [-0.3, -0.25) is 0 Å². The van der Waals surface area contributed by atoms with Gasteiger partial charge >= 0.3 is 22.7 Å². The fourth-order valence-electron chi connectivity index (χ4n) is 13.3. The topological polar surface area (TPSA) is 61.8 Å². The lowest BCUT2D eigenvalue weighted by atomic mass is 9.78. The zero-order chi connectivity index (χ0) is 67.5. The molecule has 0 unspecified atom stereocenters. The van der Waals surface area contributed by atoms with Gasteiger partial charge in [0.25, 0.3) is 0 Å². The molecule has 1 fully saturated rings. The average Bonchev–Trinajstić information content (AvgIpc) is 1.61. The highest BCUT2D eigenvalue weighted by atomic mass is 32.2. The maximum absolute atomic E-state index is 12.5. The van der Waals surface area contributed by atoms with E-state index in [9.17, 15) is 21.6 Å². The lowest BCUT2D eigenvalue weighted by molar-refractivity contribution is -0.0500. The van der Waals surface area contributed by atoms with E-state index < -0.39 is 15.6 Å². The molecular weight excluding hydrogens is 1370 g/mol. The lowest BCUT2D eigenvalue weighted by Crippen LogP contribution is -2.41. The molecular formula is C83H56BF3O5S7. The molecule has 0 N–H and O–H groups in total. The van der Waals surface area contributed by atoms with Crippen LogP contribution in [0.15, 0.2) is 267 Å². The first-order chi connectivity index (χ1) is 47.9. The van der Waals surface area contributed by atoms with E-state index in [1.54, 1.807) is 17.4 Å². The minimum atomic E-state index is -5.68. The molecule has 12 aromatic carbocycles. The van der Waals surface area contributed by atoms with Crippen molar-refractivity contribution in [3.05, 3.63) is 267 Å². The fraction of sp³-hybridized carbons (Fsp3) is 0.0843. The molecule has 0 aliphatic carbocycles. The molecule has 5 nitrogen and oxygen atoms in total. The zero-order valence-corrected chi connectivity index (χ0v) is 59.2. The SMILES string of the molecule is CC1(C)OB(c2cccc(-c3cccc(-c4cccc5c4sc4ccccc45)c3)c2)OC1(C)C.O=S(=O)(Oc1ccc2sc3sc4ccccc4c3c2c1)C(F)(F)F.c1cc(-c2cccc(-c3cccc4c3sc3ccccc34)c2)cc(-c2ccc3sc4sc5ccccc5c4c3c2)c1. The highest BCUT2D eigenvalue weighted by Crippen LogP contribution is 2.49. The van der Waals surface area contributed by atoms with E-state index in [0.717, 1.165) is 35.2 Å². The van der Waals surface area contributed by atoms with Crippen LogP contribution in [0.4, 0.5) is 13.2 Å². The van der Waals surface area contributed by atoms with Gasteiger partial charge in [-0.1, -0.05) is 194 Å². The van der Waals surface area contributed by atoms with Crippen molar-refractivity contribution < 1.29 is 35.1 Å². The largest absolute Gasteiger partial charge is 0.534 e. The number of halogens is 3. The third-order valence-corrected chi connectivity index (χ3v) is 27.2. The van der Waals surface area contributed by atoms with Gasteiger partial charge in [0.2, 0.25) is 0 Å². The Kier molecular flexibility index (Phi) is 15.8. The summed E-state index contributed by atoms with van der Waals surface area (Å²) in [6.07, 6.45) is 0. The summed E-state index contributed by atoms with van der Waals surface area (Å²) in [5.74, 6) is -0.352. The summed E-state index contributed by atoms with van der Waals surface area (Å²) >= 11 is 10.7. The summed E-state index contributed by atoms with van der Waals surface area (Å²) in [7, 11) is -6.04. The van der Waals surface area contributed by atoms with Crippen molar-refractivity contribution in [1.82, 2.24) is 0 Å². The molecule has 18 aromatic rings. The Balaban J connectivity index is 0.000000115. The van der Waals surface area contributed by atoms with Crippen molar-refractivity contribution in [1.29, 1.82) is 0 Å². The van der Waals surface area contributed by atoms with Gasteiger partial charge < -0.3 is 13.5 Å². The Morgan fingerprint density at radius 1 is 0.343 bits per heavy atom. The first-order valence-electron chi connectivity index (χ1n) is 32.2. The number of alkyl halides is 3. The van der Waals surface area contributed by atoms with Crippen LogP contribution in [0, 0.1) is 0 Å². The van der Waals surface area contributed by atoms with Crippen LogP contribution in [0.5, 0.6) is 5.75 Å². The molecule has 6 aromatic heterocycles. The fourth-order valence-corrected chi connectivity index (χ4v) is 21.4. The van der Waals surface area contributed by atoms with Crippen molar-refractivity contribution >= 4 is 190 Å².